The molecule has 2 heterocycles. The molecule has 6 heteroatoms. The van der Waals surface area contributed by atoms with Crippen molar-refractivity contribution in [2.24, 2.45) is 0 Å². The van der Waals surface area contributed by atoms with Crippen LogP contribution in [0.4, 0.5) is 0 Å². The molecule has 2 aromatic heterocycles. The first kappa shape index (κ1) is 19.1. The van der Waals surface area contributed by atoms with Crippen molar-refractivity contribution in [2.75, 3.05) is 0 Å². The quantitative estimate of drug-likeness (QED) is 0.493. The first-order chi connectivity index (χ1) is 14.0. The molecule has 5 nitrogen and oxygen atoms in total. The maximum Gasteiger partial charge on any atom is 0.303 e. The molecule has 146 valence electrons. The van der Waals surface area contributed by atoms with E-state index in [9.17, 15) is 9.59 Å². The van der Waals surface area contributed by atoms with E-state index in [-0.39, 0.29) is 12.0 Å². The molecule has 0 aliphatic rings. The Morgan fingerprint density at radius 3 is 2.48 bits per heavy atom. The van der Waals surface area contributed by atoms with Gasteiger partial charge in [-0.2, -0.15) is 0 Å². The van der Waals surface area contributed by atoms with Gasteiger partial charge in [-0.3, -0.25) is 14.2 Å². The molecule has 0 saturated heterocycles. The Morgan fingerprint density at radius 2 is 1.79 bits per heavy atom. The van der Waals surface area contributed by atoms with Gasteiger partial charge in [0.2, 0.25) is 0 Å². The largest absolute Gasteiger partial charge is 0.481 e. The Hall–Kier alpha value is -3.25. The number of rotatable bonds is 6. The minimum atomic E-state index is -0.871. The van der Waals surface area contributed by atoms with Crippen molar-refractivity contribution in [1.82, 2.24) is 9.55 Å². The van der Waals surface area contributed by atoms with Crippen molar-refractivity contribution >= 4 is 27.5 Å². The standard InChI is InChI=1S/C23H20N2O3S/c1-15-9-11-16(12-10-15)18-14-29-22-20(18)23(28)25(13-5-8-19(26)27)21(24-22)17-6-3-2-4-7-17/h2-4,6-7,9-12,14H,5,8,13H2,1H3,(H,26,27). The van der Waals surface area contributed by atoms with Crippen LogP contribution in [0.3, 0.4) is 0 Å². The molecule has 4 rings (SSSR count). The molecule has 0 amide bonds. The SMILES string of the molecule is Cc1ccc(-c2csc3nc(-c4ccccc4)n(CCCC(=O)O)c(=O)c23)cc1. The number of benzene rings is 2. The number of carboxylic acids is 1. The van der Waals surface area contributed by atoms with Crippen LogP contribution in [0.25, 0.3) is 32.7 Å². The fourth-order valence-corrected chi connectivity index (χ4v) is 4.31. The van der Waals surface area contributed by atoms with E-state index < -0.39 is 5.97 Å². The van der Waals surface area contributed by atoms with Gasteiger partial charge in [0, 0.05) is 29.5 Å². The number of aryl methyl sites for hydroxylation is 1. The smallest absolute Gasteiger partial charge is 0.303 e. The van der Waals surface area contributed by atoms with Gasteiger partial charge in [0.25, 0.3) is 5.56 Å². The predicted octanol–water partition coefficient (Wildman–Crippen LogP) is 4.97. The van der Waals surface area contributed by atoms with Gasteiger partial charge in [0.05, 0.1) is 5.39 Å². The summed E-state index contributed by atoms with van der Waals surface area (Å²) in [4.78, 5) is 30.0. The van der Waals surface area contributed by atoms with E-state index >= 15 is 0 Å². The second-order valence-electron chi connectivity index (χ2n) is 6.95. The van der Waals surface area contributed by atoms with Crippen LogP contribution in [0.15, 0.2) is 64.8 Å². The van der Waals surface area contributed by atoms with E-state index in [0.717, 1.165) is 22.3 Å². The molecule has 0 aliphatic carbocycles. The number of fused-ring (bicyclic) bond motifs is 1. The third-order valence-electron chi connectivity index (χ3n) is 4.86. The zero-order chi connectivity index (χ0) is 20.4. The van der Waals surface area contributed by atoms with Crippen LogP contribution in [0.2, 0.25) is 0 Å². The third-order valence-corrected chi connectivity index (χ3v) is 5.73. The number of hydrogen-bond donors (Lipinski definition) is 1. The monoisotopic (exact) mass is 404 g/mol. The fourth-order valence-electron chi connectivity index (χ4n) is 3.37. The van der Waals surface area contributed by atoms with Crippen LogP contribution in [-0.2, 0) is 11.3 Å². The summed E-state index contributed by atoms with van der Waals surface area (Å²) in [5.41, 5.74) is 3.71. The highest BCUT2D eigenvalue weighted by atomic mass is 32.1. The number of nitrogens with zero attached hydrogens (tertiary/aromatic N) is 2. The van der Waals surface area contributed by atoms with E-state index in [1.165, 1.54) is 11.3 Å². The van der Waals surface area contributed by atoms with Gasteiger partial charge >= 0.3 is 5.97 Å². The molecular formula is C23H20N2O3S. The van der Waals surface area contributed by atoms with Crippen LogP contribution in [0.5, 0.6) is 0 Å². The number of carboxylic acid groups (broad SMARTS) is 1. The number of aromatic nitrogens is 2. The average molecular weight is 404 g/mol. The van der Waals surface area contributed by atoms with Gasteiger partial charge in [-0.25, -0.2) is 4.98 Å². The second-order valence-corrected chi connectivity index (χ2v) is 7.81. The van der Waals surface area contributed by atoms with Gasteiger partial charge in [0.1, 0.15) is 10.7 Å². The molecule has 0 atom stereocenters. The number of carbonyl (C=O) groups is 1. The summed E-state index contributed by atoms with van der Waals surface area (Å²) in [6.45, 7) is 2.33. The van der Waals surface area contributed by atoms with E-state index in [4.69, 9.17) is 10.1 Å². The Labute approximate surface area is 171 Å². The molecule has 29 heavy (non-hydrogen) atoms. The molecule has 0 aliphatic heterocycles. The van der Waals surface area contributed by atoms with Crippen molar-refractivity contribution in [3.05, 3.63) is 75.9 Å². The molecule has 2 aromatic carbocycles. The van der Waals surface area contributed by atoms with Gasteiger partial charge in [-0.1, -0.05) is 60.2 Å². The Morgan fingerprint density at radius 1 is 1.07 bits per heavy atom. The van der Waals surface area contributed by atoms with Crippen molar-refractivity contribution in [3.63, 3.8) is 0 Å². The maximum absolute atomic E-state index is 13.5. The average Bonchev–Trinajstić information content (AvgIpc) is 3.15. The highest BCUT2D eigenvalue weighted by molar-refractivity contribution is 7.17. The second kappa shape index (κ2) is 8.01. The molecule has 4 aromatic rings. The molecule has 0 unspecified atom stereocenters. The predicted molar refractivity (Wildman–Crippen MR) is 116 cm³/mol. The highest BCUT2D eigenvalue weighted by Gasteiger charge is 2.18. The minimum Gasteiger partial charge on any atom is -0.481 e. The first-order valence-electron chi connectivity index (χ1n) is 9.41. The molecule has 0 fully saturated rings. The number of aliphatic carboxylic acids is 1. The maximum atomic E-state index is 13.5. The Bertz CT molecular complexity index is 1220. The molecule has 0 radical (unpaired) electrons. The van der Waals surface area contributed by atoms with E-state index in [2.05, 4.69) is 0 Å². The van der Waals surface area contributed by atoms with Crippen LogP contribution >= 0.6 is 11.3 Å². The van der Waals surface area contributed by atoms with Gasteiger partial charge in [-0.05, 0) is 18.9 Å². The lowest BCUT2D eigenvalue weighted by Gasteiger charge is -2.13. The van der Waals surface area contributed by atoms with Crippen molar-refractivity contribution in [3.8, 4) is 22.5 Å². The Kier molecular flexibility index (Phi) is 5.27. The molecular weight excluding hydrogens is 384 g/mol. The highest BCUT2D eigenvalue weighted by Crippen LogP contribution is 2.32. The summed E-state index contributed by atoms with van der Waals surface area (Å²) in [6, 6.07) is 17.6. The van der Waals surface area contributed by atoms with Crippen LogP contribution in [0, 0.1) is 6.92 Å². The summed E-state index contributed by atoms with van der Waals surface area (Å²) in [6.07, 6.45) is 0.374. The minimum absolute atomic E-state index is 0.00711. The topological polar surface area (TPSA) is 72.2 Å². The molecule has 0 spiro atoms. The molecule has 1 N–H and O–H groups in total. The normalized spacial score (nSPS) is 11.1. The lowest BCUT2D eigenvalue weighted by atomic mass is 10.0. The van der Waals surface area contributed by atoms with E-state index in [0.29, 0.717) is 29.0 Å². The van der Waals surface area contributed by atoms with Gasteiger partial charge in [-0.15, -0.1) is 11.3 Å². The first-order valence-corrected chi connectivity index (χ1v) is 10.3. The Balaban J connectivity index is 1.90. The zero-order valence-electron chi connectivity index (χ0n) is 16.0. The summed E-state index contributed by atoms with van der Waals surface area (Å²) in [5.74, 6) is -0.296. The molecule has 0 saturated carbocycles. The number of hydrogen-bond acceptors (Lipinski definition) is 4. The fraction of sp³-hybridized carbons (Fsp3) is 0.174. The van der Waals surface area contributed by atoms with Gasteiger partial charge in [0.15, 0.2) is 0 Å². The van der Waals surface area contributed by atoms with Crippen molar-refractivity contribution in [1.29, 1.82) is 0 Å². The summed E-state index contributed by atoms with van der Waals surface area (Å²) in [7, 11) is 0. The zero-order valence-corrected chi connectivity index (χ0v) is 16.8. The van der Waals surface area contributed by atoms with E-state index in [1.54, 1.807) is 4.57 Å². The van der Waals surface area contributed by atoms with Crippen LogP contribution in [-0.4, -0.2) is 20.6 Å². The lowest BCUT2D eigenvalue weighted by Crippen LogP contribution is -2.23. The summed E-state index contributed by atoms with van der Waals surface area (Å²) >= 11 is 1.45. The van der Waals surface area contributed by atoms with Crippen LogP contribution < -0.4 is 5.56 Å². The van der Waals surface area contributed by atoms with Gasteiger partial charge < -0.3 is 5.11 Å². The van der Waals surface area contributed by atoms with Crippen molar-refractivity contribution in [2.45, 2.75) is 26.3 Å². The summed E-state index contributed by atoms with van der Waals surface area (Å²) in [5, 5.41) is 11.6. The third kappa shape index (κ3) is 3.84. The van der Waals surface area contributed by atoms with E-state index in [1.807, 2.05) is 66.9 Å². The summed E-state index contributed by atoms with van der Waals surface area (Å²) < 4.78 is 1.62. The van der Waals surface area contributed by atoms with Crippen LogP contribution in [0.1, 0.15) is 18.4 Å². The number of thiophene rings is 1. The van der Waals surface area contributed by atoms with Crippen molar-refractivity contribution < 1.29 is 9.90 Å². The lowest BCUT2D eigenvalue weighted by molar-refractivity contribution is -0.137. The molecule has 0 bridgehead atoms.